The molecule has 0 saturated heterocycles. The minimum absolute atomic E-state index is 0.574. The van der Waals surface area contributed by atoms with E-state index in [1.165, 1.54) is 21.4 Å². The van der Waals surface area contributed by atoms with Gasteiger partial charge in [-0.05, 0) is 21.8 Å². The number of H-pyrrole nitrogens is 1. The quantitative estimate of drug-likeness (QED) is 0.760. The largest absolute Gasteiger partial charge is 0.360 e. The van der Waals surface area contributed by atoms with Crippen LogP contribution >= 0.6 is 15.9 Å². The second-order valence-electron chi connectivity index (χ2n) is 3.57. The summed E-state index contributed by atoms with van der Waals surface area (Å²) in [5.74, 6) is 0.574. The fourth-order valence-electron chi connectivity index (χ4n) is 1.63. The number of hydrogen-bond acceptors (Lipinski definition) is 1. The lowest BCUT2D eigenvalue weighted by atomic mass is 10.1. The van der Waals surface area contributed by atoms with Crippen LogP contribution in [0.4, 0.5) is 0 Å². The van der Waals surface area contributed by atoms with Crippen LogP contribution in [0.25, 0.3) is 0 Å². The minimum Gasteiger partial charge on any atom is -0.360 e. The monoisotopic (exact) mass is 228 g/mol. The maximum atomic E-state index is 3.63. The van der Waals surface area contributed by atoms with Crippen LogP contribution in [-0.4, -0.2) is 4.98 Å². The molecule has 2 heterocycles. The van der Waals surface area contributed by atoms with Crippen molar-refractivity contribution in [3.05, 3.63) is 21.4 Å². The van der Waals surface area contributed by atoms with E-state index in [9.17, 15) is 0 Å². The molecular weight excluding hydrogens is 216 g/mol. The average molecular weight is 229 g/mol. The van der Waals surface area contributed by atoms with Crippen LogP contribution in [0.1, 0.15) is 36.7 Å². The zero-order valence-corrected chi connectivity index (χ0v) is 8.96. The molecule has 0 saturated carbocycles. The summed E-state index contributed by atoms with van der Waals surface area (Å²) >= 11 is 3.63. The number of aromatic nitrogens is 1. The van der Waals surface area contributed by atoms with Crippen LogP contribution in [0.15, 0.2) is 4.47 Å². The van der Waals surface area contributed by atoms with Crippen molar-refractivity contribution in [2.75, 3.05) is 0 Å². The third kappa shape index (κ3) is 1.12. The fraction of sp³-hybridized carbons (Fsp3) is 0.556. The first-order chi connectivity index (χ1) is 5.70. The van der Waals surface area contributed by atoms with E-state index < -0.39 is 0 Å². The Kier molecular flexibility index (Phi) is 2.00. The van der Waals surface area contributed by atoms with Gasteiger partial charge in [0.1, 0.15) is 0 Å². The van der Waals surface area contributed by atoms with E-state index in [4.69, 9.17) is 0 Å². The van der Waals surface area contributed by atoms with Gasteiger partial charge in [-0.3, -0.25) is 0 Å². The molecule has 0 aliphatic carbocycles. The molecule has 0 bridgehead atoms. The molecule has 0 spiro atoms. The van der Waals surface area contributed by atoms with Gasteiger partial charge in [-0.15, -0.1) is 0 Å². The van der Waals surface area contributed by atoms with E-state index in [1.54, 1.807) is 0 Å². The van der Waals surface area contributed by atoms with E-state index in [1.807, 2.05) is 0 Å². The summed E-state index contributed by atoms with van der Waals surface area (Å²) in [7, 11) is 0. The zero-order valence-electron chi connectivity index (χ0n) is 7.37. The highest BCUT2D eigenvalue weighted by Gasteiger charge is 2.20. The Labute approximate surface area is 80.9 Å². The third-order valence-corrected chi connectivity index (χ3v) is 3.24. The van der Waals surface area contributed by atoms with Crippen LogP contribution in [0, 0.1) is 0 Å². The molecule has 0 aromatic carbocycles. The summed E-state index contributed by atoms with van der Waals surface area (Å²) < 4.78 is 1.28. The van der Waals surface area contributed by atoms with Crippen molar-refractivity contribution in [2.24, 2.45) is 0 Å². The minimum atomic E-state index is 0.574. The molecule has 2 N–H and O–H groups in total. The van der Waals surface area contributed by atoms with E-state index in [0.717, 1.165) is 13.1 Å². The molecule has 1 aliphatic rings. The zero-order chi connectivity index (χ0) is 8.72. The standard InChI is InChI=1S/C9H13BrN2/c1-5(2)9-8(10)6-3-11-4-7(6)12-9/h5,11-12H,3-4H2,1-2H3. The van der Waals surface area contributed by atoms with Gasteiger partial charge in [-0.1, -0.05) is 13.8 Å². The van der Waals surface area contributed by atoms with Crippen molar-refractivity contribution in [2.45, 2.75) is 32.9 Å². The molecule has 1 aromatic rings. The van der Waals surface area contributed by atoms with Gasteiger partial charge in [0.05, 0.1) is 0 Å². The third-order valence-electron chi connectivity index (χ3n) is 2.33. The van der Waals surface area contributed by atoms with Crippen LogP contribution < -0.4 is 5.32 Å². The second-order valence-corrected chi connectivity index (χ2v) is 4.36. The van der Waals surface area contributed by atoms with Crippen LogP contribution in [0.3, 0.4) is 0 Å². The number of hydrogen-bond donors (Lipinski definition) is 2. The SMILES string of the molecule is CC(C)c1[nH]c2c(c1Br)CNC2. The molecule has 0 amide bonds. The van der Waals surface area contributed by atoms with Gasteiger partial charge in [0.25, 0.3) is 0 Å². The predicted octanol–water partition coefficient (Wildman–Crippen LogP) is 2.50. The first kappa shape index (κ1) is 8.32. The van der Waals surface area contributed by atoms with E-state index >= 15 is 0 Å². The second kappa shape index (κ2) is 2.89. The summed E-state index contributed by atoms with van der Waals surface area (Å²) in [6.07, 6.45) is 0. The highest BCUT2D eigenvalue weighted by molar-refractivity contribution is 9.10. The number of nitrogens with one attached hydrogen (secondary N) is 2. The maximum absolute atomic E-state index is 3.63. The topological polar surface area (TPSA) is 27.8 Å². The number of aromatic amines is 1. The van der Waals surface area contributed by atoms with E-state index in [-0.39, 0.29) is 0 Å². The molecule has 0 fully saturated rings. The lowest BCUT2D eigenvalue weighted by Gasteiger charge is -2.03. The normalized spacial score (nSPS) is 15.7. The van der Waals surface area contributed by atoms with Crippen molar-refractivity contribution in [3.8, 4) is 0 Å². The summed E-state index contributed by atoms with van der Waals surface area (Å²) in [4.78, 5) is 3.45. The summed E-state index contributed by atoms with van der Waals surface area (Å²) in [5.41, 5.74) is 4.10. The predicted molar refractivity (Wildman–Crippen MR) is 53.1 cm³/mol. The summed E-state index contributed by atoms with van der Waals surface area (Å²) in [5, 5.41) is 3.31. The number of fused-ring (bicyclic) bond motifs is 1. The van der Waals surface area contributed by atoms with Crippen molar-refractivity contribution in [3.63, 3.8) is 0 Å². The lowest BCUT2D eigenvalue weighted by molar-refractivity contribution is 0.735. The summed E-state index contributed by atoms with van der Waals surface area (Å²) in [6.45, 7) is 6.40. The van der Waals surface area contributed by atoms with Gasteiger partial charge in [0, 0.05) is 34.5 Å². The fourth-order valence-corrected chi connectivity index (χ4v) is 2.57. The van der Waals surface area contributed by atoms with Crippen molar-refractivity contribution in [1.82, 2.24) is 10.3 Å². The van der Waals surface area contributed by atoms with E-state index in [2.05, 4.69) is 40.1 Å². The Balaban J connectivity index is 2.47. The lowest BCUT2D eigenvalue weighted by Crippen LogP contribution is -2.03. The molecule has 1 aromatic heterocycles. The molecule has 0 unspecified atom stereocenters. The van der Waals surface area contributed by atoms with Gasteiger partial charge in [-0.2, -0.15) is 0 Å². The first-order valence-electron chi connectivity index (χ1n) is 4.30. The van der Waals surface area contributed by atoms with Crippen LogP contribution in [0.2, 0.25) is 0 Å². The van der Waals surface area contributed by atoms with Crippen molar-refractivity contribution < 1.29 is 0 Å². The first-order valence-corrected chi connectivity index (χ1v) is 5.09. The molecule has 0 radical (unpaired) electrons. The van der Waals surface area contributed by atoms with Gasteiger partial charge in [0.2, 0.25) is 0 Å². The Morgan fingerprint density at radius 1 is 1.33 bits per heavy atom. The number of rotatable bonds is 1. The molecule has 3 heteroatoms. The maximum Gasteiger partial charge on any atom is 0.0433 e. The Morgan fingerprint density at radius 3 is 2.67 bits per heavy atom. The van der Waals surface area contributed by atoms with Crippen molar-refractivity contribution >= 4 is 15.9 Å². The highest BCUT2D eigenvalue weighted by Crippen LogP contribution is 2.32. The molecule has 1 aliphatic heterocycles. The average Bonchev–Trinajstić information content (AvgIpc) is 2.53. The molecule has 2 nitrogen and oxygen atoms in total. The molecule has 2 rings (SSSR count). The Morgan fingerprint density at radius 2 is 2.08 bits per heavy atom. The summed E-state index contributed by atoms with van der Waals surface area (Å²) in [6, 6.07) is 0. The molecule has 12 heavy (non-hydrogen) atoms. The Hall–Kier alpha value is -0.280. The smallest absolute Gasteiger partial charge is 0.0433 e. The van der Waals surface area contributed by atoms with Crippen LogP contribution in [0.5, 0.6) is 0 Å². The molecular formula is C9H13BrN2. The Bertz CT molecular complexity index is 302. The van der Waals surface area contributed by atoms with Crippen molar-refractivity contribution in [1.29, 1.82) is 0 Å². The number of halogens is 1. The van der Waals surface area contributed by atoms with Crippen LogP contribution in [-0.2, 0) is 13.1 Å². The van der Waals surface area contributed by atoms with Gasteiger partial charge >= 0.3 is 0 Å². The molecule has 0 atom stereocenters. The van der Waals surface area contributed by atoms with Gasteiger partial charge in [0.15, 0.2) is 0 Å². The van der Waals surface area contributed by atoms with Gasteiger partial charge < -0.3 is 10.3 Å². The van der Waals surface area contributed by atoms with Gasteiger partial charge in [-0.25, -0.2) is 0 Å². The van der Waals surface area contributed by atoms with E-state index in [0.29, 0.717) is 5.92 Å². The highest BCUT2D eigenvalue weighted by atomic mass is 79.9. The molecule has 66 valence electrons.